The standard InChI is InChI=1S/C18H22.C2H6/c1-3-7-18(17-8-5-4-6-9-17)14-16-12-10-15(2)11-13-16;1-2/h4-6,8-13,18H,3,7,14H2,1-2H3;1-2H3. The molecule has 0 radical (unpaired) electrons. The highest BCUT2D eigenvalue weighted by molar-refractivity contribution is 5.26. The average Bonchev–Trinajstić information content (AvgIpc) is 2.52. The van der Waals surface area contributed by atoms with E-state index in [1.165, 1.54) is 29.5 Å². The fraction of sp³-hybridized carbons (Fsp3) is 0.400. The van der Waals surface area contributed by atoms with E-state index in [0.717, 1.165) is 6.42 Å². The molecule has 0 aliphatic heterocycles. The maximum Gasteiger partial charge on any atom is -0.0122 e. The molecule has 2 rings (SSSR count). The monoisotopic (exact) mass is 268 g/mol. The third-order valence-electron chi connectivity index (χ3n) is 3.51. The van der Waals surface area contributed by atoms with E-state index in [0.29, 0.717) is 5.92 Å². The number of hydrogen-bond donors (Lipinski definition) is 0. The lowest BCUT2D eigenvalue weighted by molar-refractivity contribution is 0.610. The largest absolute Gasteiger partial charge is 0.0683 e. The maximum atomic E-state index is 2.27. The minimum Gasteiger partial charge on any atom is -0.0683 e. The first-order valence-electron chi connectivity index (χ1n) is 7.90. The first-order chi connectivity index (χ1) is 9.79. The van der Waals surface area contributed by atoms with Gasteiger partial charge in [0.15, 0.2) is 0 Å². The molecule has 20 heavy (non-hydrogen) atoms. The van der Waals surface area contributed by atoms with Crippen LogP contribution in [0.25, 0.3) is 0 Å². The molecule has 0 aromatic heterocycles. The Morgan fingerprint density at radius 2 is 1.45 bits per heavy atom. The zero-order valence-electron chi connectivity index (χ0n) is 13.4. The van der Waals surface area contributed by atoms with E-state index in [1.54, 1.807) is 0 Å². The van der Waals surface area contributed by atoms with Crippen molar-refractivity contribution in [1.29, 1.82) is 0 Å². The predicted molar refractivity (Wildman–Crippen MR) is 90.3 cm³/mol. The second kappa shape index (κ2) is 9.36. The van der Waals surface area contributed by atoms with Crippen LogP contribution < -0.4 is 0 Å². The zero-order chi connectivity index (χ0) is 14.8. The van der Waals surface area contributed by atoms with Crippen molar-refractivity contribution in [3.63, 3.8) is 0 Å². The first-order valence-corrected chi connectivity index (χ1v) is 7.90. The van der Waals surface area contributed by atoms with E-state index in [-0.39, 0.29) is 0 Å². The molecule has 0 bridgehead atoms. The highest BCUT2D eigenvalue weighted by Crippen LogP contribution is 2.25. The molecule has 0 N–H and O–H groups in total. The van der Waals surface area contributed by atoms with Crippen LogP contribution in [0.2, 0.25) is 0 Å². The molecule has 0 aliphatic rings. The summed E-state index contributed by atoms with van der Waals surface area (Å²) in [6.45, 7) is 8.41. The van der Waals surface area contributed by atoms with Crippen molar-refractivity contribution in [2.45, 2.75) is 52.9 Å². The molecule has 0 nitrogen and oxygen atoms in total. The molecule has 1 atom stereocenters. The summed E-state index contributed by atoms with van der Waals surface area (Å²) in [7, 11) is 0. The third-order valence-corrected chi connectivity index (χ3v) is 3.51. The van der Waals surface area contributed by atoms with Crippen LogP contribution in [0.4, 0.5) is 0 Å². The van der Waals surface area contributed by atoms with Gasteiger partial charge in [0.2, 0.25) is 0 Å². The Kier molecular flexibility index (Phi) is 7.72. The molecular formula is C20H28. The summed E-state index contributed by atoms with van der Waals surface area (Å²) < 4.78 is 0. The third kappa shape index (κ3) is 5.21. The summed E-state index contributed by atoms with van der Waals surface area (Å²) in [6, 6.07) is 19.9. The summed E-state index contributed by atoms with van der Waals surface area (Å²) in [5.41, 5.74) is 4.26. The van der Waals surface area contributed by atoms with Gasteiger partial charge in [-0.05, 0) is 36.8 Å². The van der Waals surface area contributed by atoms with Crippen molar-refractivity contribution in [2.24, 2.45) is 0 Å². The first kappa shape index (κ1) is 16.5. The minimum absolute atomic E-state index is 0.652. The molecule has 0 heteroatoms. The lowest BCUT2D eigenvalue weighted by Gasteiger charge is -2.17. The maximum absolute atomic E-state index is 2.27. The molecule has 0 amide bonds. The van der Waals surface area contributed by atoms with E-state index < -0.39 is 0 Å². The SMILES string of the molecule is CC.CCCC(Cc1ccc(C)cc1)c1ccccc1. The van der Waals surface area contributed by atoms with Gasteiger partial charge in [-0.2, -0.15) is 0 Å². The van der Waals surface area contributed by atoms with Crippen LogP contribution in [0, 0.1) is 6.92 Å². The Labute approximate surface area is 124 Å². The van der Waals surface area contributed by atoms with Crippen molar-refractivity contribution in [3.8, 4) is 0 Å². The second-order valence-corrected chi connectivity index (χ2v) is 5.09. The van der Waals surface area contributed by atoms with Gasteiger partial charge in [-0.1, -0.05) is 87.4 Å². The highest BCUT2D eigenvalue weighted by atomic mass is 14.2. The summed E-state index contributed by atoms with van der Waals surface area (Å²) in [6.07, 6.45) is 3.65. The number of hydrogen-bond acceptors (Lipinski definition) is 0. The Hall–Kier alpha value is -1.56. The Morgan fingerprint density at radius 3 is 2.00 bits per heavy atom. The van der Waals surface area contributed by atoms with Crippen LogP contribution in [0.15, 0.2) is 54.6 Å². The summed E-state index contributed by atoms with van der Waals surface area (Å²) in [4.78, 5) is 0. The molecule has 108 valence electrons. The van der Waals surface area contributed by atoms with Crippen molar-refractivity contribution in [2.75, 3.05) is 0 Å². The van der Waals surface area contributed by atoms with Gasteiger partial charge < -0.3 is 0 Å². The minimum atomic E-state index is 0.652. The van der Waals surface area contributed by atoms with E-state index in [9.17, 15) is 0 Å². The van der Waals surface area contributed by atoms with Crippen LogP contribution in [-0.2, 0) is 6.42 Å². The van der Waals surface area contributed by atoms with E-state index in [4.69, 9.17) is 0 Å². The molecule has 0 heterocycles. The number of rotatable bonds is 5. The smallest absolute Gasteiger partial charge is 0.0122 e. The van der Waals surface area contributed by atoms with E-state index >= 15 is 0 Å². The van der Waals surface area contributed by atoms with Crippen LogP contribution in [-0.4, -0.2) is 0 Å². The summed E-state index contributed by atoms with van der Waals surface area (Å²) >= 11 is 0. The molecular weight excluding hydrogens is 240 g/mol. The molecule has 0 fully saturated rings. The van der Waals surface area contributed by atoms with Crippen molar-refractivity contribution >= 4 is 0 Å². The second-order valence-electron chi connectivity index (χ2n) is 5.09. The van der Waals surface area contributed by atoms with Gasteiger partial charge in [0.1, 0.15) is 0 Å². The number of aryl methyl sites for hydroxylation is 1. The van der Waals surface area contributed by atoms with Crippen molar-refractivity contribution in [1.82, 2.24) is 0 Å². The van der Waals surface area contributed by atoms with Gasteiger partial charge in [-0.25, -0.2) is 0 Å². The highest BCUT2D eigenvalue weighted by Gasteiger charge is 2.10. The molecule has 0 saturated heterocycles. The quantitative estimate of drug-likeness (QED) is 0.610. The van der Waals surface area contributed by atoms with E-state index in [1.807, 2.05) is 13.8 Å². The average molecular weight is 268 g/mol. The fourth-order valence-corrected chi connectivity index (χ4v) is 2.47. The normalized spacial score (nSPS) is 11.4. The topological polar surface area (TPSA) is 0 Å². The van der Waals surface area contributed by atoms with Gasteiger partial charge in [-0.3, -0.25) is 0 Å². The van der Waals surface area contributed by atoms with Crippen molar-refractivity contribution < 1.29 is 0 Å². The van der Waals surface area contributed by atoms with Gasteiger partial charge in [-0.15, -0.1) is 0 Å². The van der Waals surface area contributed by atoms with E-state index in [2.05, 4.69) is 68.4 Å². The summed E-state index contributed by atoms with van der Waals surface area (Å²) in [5.74, 6) is 0.652. The van der Waals surface area contributed by atoms with Crippen LogP contribution in [0.3, 0.4) is 0 Å². The molecule has 2 aromatic rings. The lowest BCUT2D eigenvalue weighted by atomic mass is 9.88. The van der Waals surface area contributed by atoms with Gasteiger partial charge in [0, 0.05) is 0 Å². The van der Waals surface area contributed by atoms with Crippen molar-refractivity contribution in [3.05, 3.63) is 71.3 Å². The molecule has 2 aromatic carbocycles. The fourth-order valence-electron chi connectivity index (χ4n) is 2.47. The lowest BCUT2D eigenvalue weighted by Crippen LogP contribution is -2.02. The van der Waals surface area contributed by atoms with Gasteiger partial charge >= 0.3 is 0 Å². The Bertz CT molecular complexity index is 453. The molecule has 0 aliphatic carbocycles. The molecule has 0 saturated carbocycles. The predicted octanol–water partition coefficient (Wildman–Crippen LogP) is 6.15. The van der Waals surface area contributed by atoms with Crippen LogP contribution >= 0.6 is 0 Å². The summed E-state index contributed by atoms with van der Waals surface area (Å²) in [5, 5.41) is 0. The van der Waals surface area contributed by atoms with Crippen LogP contribution in [0.5, 0.6) is 0 Å². The van der Waals surface area contributed by atoms with Gasteiger partial charge in [0.25, 0.3) is 0 Å². The number of benzene rings is 2. The molecule has 0 spiro atoms. The van der Waals surface area contributed by atoms with Crippen LogP contribution in [0.1, 0.15) is 56.2 Å². The zero-order valence-corrected chi connectivity index (χ0v) is 13.4. The van der Waals surface area contributed by atoms with Gasteiger partial charge in [0.05, 0.1) is 0 Å². The Morgan fingerprint density at radius 1 is 0.850 bits per heavy atom. The molecule has 1 unspecified atom stereocenters. The Balaban J connectivity index is 0.000000956.